The number of nitro groups is 1. The maximum absolute atomic E-state index is 13.0. The lowest BCUT2D eigenvalue weighted by molar-refractivity contribution is -0.529. The zero-order chi connectivity index (χ0) is 25.2. The highest BCUT2D eigenvalue weighted by atomic mass is 16.6. The van der Waals surface area contributed by atoms with Crippen LogP contribution in [0.5, 0.6) is 11.5 Å². The maximum atomic E-state index is 13.0. The first kappa shape index (κ1) is 25.2. The van der Waals surface area contributed by atoms with Crippen LogP contribution in [0.1, 0.15) is 94.2 Å². The summed E-state index contributed by atoms with van der Waals surface area (Å²) in [6, 6.07) is -0.117. The van der Waals surface area contributed by atoms with Gasteiger partial charge in [0.05, 0.1) is 10.9 Å². The lowest BCUT2D eigenvalue weighted by Crippen LogP contribution is -2.32. The highest BCUT2D eigenvalue weighted by Gasteiger charge is 2.36. The molecule has 0 bridgehead atoms. The summed E-state index contributed by atoms with van der Waals surface area (Å²) in [7, 11) is 0. The summed E-state index contributed by atoms with van der Waals surface area (Å²) < 4.78 is 11.8. The minimum absolute atomic E-state index is 0.113. The molecule has 0 amide bonds. The molecule has 1 aliphatic rings. The Labute approximate surface area is 198 Å². The molecular formula is C26H31NO7. The number of aromatic hydroxyl groups is 1. The predicted octanol–water partition coefficient (Wildman–Crippen LogP) is 6.12. The molecule has 0 spiro atoms. The normalized spacial score (nSPS) is 17.7. The zero-order valence-corrected chi connectivity index (χ0v) is 20.3. The van der Waals surface area contributed by atoms with Crippen molar-refractivity contribution in [2.45, 2.75) is 78.4 Å². The predicted molar refractivity (Wildman–Crippen MR) is 130 cm³/mol. The summed E-state index contributed by atoms with van der Waals surface area (Å²) in [6.45, 7) is 9.36. The van der Waals surface area contributed by atoms with Gasteiger partial charge in [-0.2, -0.15) is 0 Å². The number of fused-ring (bicyclic) bond motifs is 3. The third kappa shape index (κ3) is 4.76. The number of ether oxygens (including phenoxy) is 1. The smallest absolute Gasteiger partial charge is 0.336 e. The van der Waals surface area contributed by atoms with Crippen molar-refractivity contribution in [1.82, 2.24) is 0 Å². The summed E-state index contributed by atoms with van der Waals surface area (Å²) in [4.78, 5) is 36.8. The number of carbonyl (C=O) groups is 1. The van der Waals surface area contributed by atoms with Gasteiger partial charge in [0.25, 0.3) is 0 Å². The van der Waals surface area contributed by atoms with Crippen molar-refractivity contribution in [2.24, 2.45) is 0 Å². The van der Waals surface area contributed by atoms with Gasteiger partial charge in [-0.1, -0.05) is 25.5 Å². The molecule has 2 aromatic rings. The SMILES string of the molecule is CCCC(=O)c1c(O)c2c(c3c([C@H](CC)[N+](=O)[O-])cc(=O)oc13)OC(C)(CCC=C(C)C)C=C2. The van der Waals surface area contributed by atoms with E-state index in [2.05, 4.69) is 6.08 Å². The summed E-state index contributed by atoms with van der Waals surface area (Å²) in [6.07, 6.45) is 7.69. The Balaban J connectivity index is 2.38. The number of Topliss-reactive ketones (excluding diaryl/α,β-unsaturated/α-hetero) is 1. The molecule has 2 heterocycles. The van der Waals surface area contributed by atoms with Gasteiger partial charge in [-0.3, -0.25) is 14.9 Å². The fourth-order valence-electron chi connectivity index (χ4n) is 4.33. The minimum Gasteiger partial charge on any atom is -0.506 e. The van der Waals surface area contributed by atoms with Gasteiger partial charge in [0.2, 0.25) is 6.04 Å². The lowest BCUT2D eigenvalue weighted by atomic mass is 9.89. The minimum atomic E-state index is -1.21. The molecule has 1 aliphatic heterocycles. The van der Waals surface area contributed by atoms with E-state index < -0.39 is 28.0 Å². The Morgan fingerprint density at radius 2 is 2.03 bits per heavy atom. The van der Waals surface area contributed by atoms with Crippen LogP contribution in [0, 0.1) is 10.1 Å². The number of allylic oxidation sites excluding steroid dienone is 2. The highest BCUT2D eigenvalue weighted by molar-refractivity contribution is 6.12. The number of phenols is 1. The van der Waals surface area contributed by atoms with E-state index in [1.807, 2.05) is 33.8 Å². The number of benzene rings is 1. The van der Waals surface area contributed by atoms with Crippen LogP contribution >= 0.6 is 0 Å². The molecule has 1 N–H and O–H groups in total. The van der Waals surface area contributed by atoms with Gasteiger partial charge in [-0.05, 0) is 52.2 Å². The van der Waals surface area contributed by atoms with E-state index >= 15 is 0 Å². The van der Waals surface area contributed by atoms with Gasteiger partial charge in [0.1, 0.15) is 22.7 Å². The van der Waals surface area contributed by atoms with Crippen molar-refractivity contribution >= 4 is 22.8 Å². The van der Waals surface area contributed by atoms with Gasteiger partial charge in [0, 0.05) is 29.4 Å². The molecule has 0 fully saturated rings. The number of hydrogen-bond donors (Lipinski definition) is 1. The van der Waals surface area contributed by atoms with Crippen molar-refractivity contribution in [2.75, 3.05) is 0 Å². The fraction of sp³-hybridized carbons (Fsp3) is 0.462. The van der Waals surface area contributed by atoms with Crippen molar-refractivity contribution in [1.29, 1.82) is 0 Å². The number of phenolic OH excluding ortho intramolecular Hbond substituents is 1. The average molecular weight is 470 g/mol. The van der Waals surface area contributed by atoms with Gasteiger partial charge in [-0.25, -0.2) is 4.79 Å². The van der Waals surface area contributed by atoms with Crippen LogP contribution in [-0.2, 0) is 0 Å². The van der Waals surface area contributed by atoms with Crippen LogP contribution < -0.4 is 10.4 Å². The van der Waals surface area contributed by atoms with Gasteiger partial charge in [0.15, 0.2) is 11.4 Å². The van der Waals surface area contributed by atoms with Crippen LogP contribution in [0.4, 0.5) is 0 Å². The molecule has 34 heavy (non-hydrogen) atoms. The molecule has 0 aliphatic carbocycles. The third-order valence-corrected chi connectivity index (χ3v) is 6.07. The van der Waals surface area contributed by atoms with E-state index in [0.717, 1.165) is 12.5 Å². The molecular weight excluding hydrogens is 438 g/mol. The second kappa shape index (κ2) is 9.83. The van der Waals surface area contributed by atoms with Crippen LogP contribution in [0.15, 0.2) is 33.0 Å². The summed E-state index contributed by atoms with van der Waals surface area (Å²) in [5.74, 6) is -0.577. The Bertz CT molecular complexity index is 1250. The first-order valence-electron chi connectivity index (χ1n) is 11.6. The van der Waals surface area contributed by atoms with E-state index in [1.165, 1.54) is 5.57 Å². The monoisotopic (exact) mass is 469 g/mol. The number of rotatable bonds is 9. The molecule has 0 saturated carbocycles. The topological polar surface area (TPSA) is 120 Å². The Morgan fingerprint density at radius 3 is 2.62 bits per heavy atom. The van der Waals surface area contributed by atoms with Gasteiger partial charge in [-0.15, -0.1) is 0 Å². The van der Waals surface area contributed by atoms with Crippen LogP contribution in [0.3, 0.4) is 0 Å². The van der Waals surface area contributed by atoms with E-state index in [9.17, 15) is 24.8 Å². The molecule has 1 aromatic carbocycles. The summed E-state index contributed by atoms with van der Waals surface area (Å²) in [5.41, 5.74) is -0.370. The molecule has 1 unspecified atom stereocenters. The molecule has 182 valence electrons. The second-order valence-corrected chi connectivity index (χ2v) is 9.14. The third-order valence-electron chi connectivity index (χ3n) is 6.07. The van der Waals surface area contributed by atoms with Crippen molar-refractivity contribution in [3.63, 3.8) is 0 Å². The Hall–Kier alpha value is -3.42. The lowest BCUT2D eigenvalue weighted by Gasteiger charge is -2.33. The molecule has 1 aromatic heterocycles. The second-order valence-electron chi connectivity index (χ2n) is 9.14. The van der Waals surface area contributed by atoms with E-state index in [-0.39, 0.29) is 52.0 Å². The summed E-state index contributed by atoms with van der Waals surface area (Å²) >= 11 is 0. The van der Waals surface area contributed by atoms with Crippen molar-refractivity contribution in [3.05, 3.63) is 61.0 Å². The van der Waals surface area contributed by atoms with Crippen LogP contribution in [0.2, 0.25) is 0 Å². The molecule has 0 radical (unpaired) electrons. The highest BCUT2D eigenvalue weighted by Crippen LogP contribution is 2.48. The number of carbonyl (C=O) groups excluding carboxylic acids is 1. The quantitative estimate of drug-likeness (QED) is 0.154. The first-order valence-corrected chi connectivity index (χ1v) is 11.6. The van der Waals surface area contributed by atoms with E-state index in [1.54, 1.807) is 13.0 Å². The van der Waals surface area contributed by atoms with Crippen LogP contribution in [-0.4, -0.2) is 21.4 Å². The number of ketones is 1. The van der Waals surface area contributed by atoms with Crippen molar-refractivity contribution < 1.29 is 24.0 Å². The maximum Gasteiger partial charge on any atom is 0.336 e. The molecule has 8 nitrogen and oxygen atoms in total. The van der Waals surface area contributed by atoms with E-state index in [4.69, 9.17) is 9.15 Å². The molecule has 2 atom stereocenters. The fourth-order valence-corrected chi connectivity index (χ4v) is 4.33. The number of hydrogen-bond acceptors (Lipinski definition) is 7. The zero-order valence-electron chi connectivity index (χ0n) is 20.3. The van der Waals surface area contributed by atoms with Crippen molar-refractivity contribution in [3.8, 4) is 11.5 Å². The molecule has 0 saturated heterocycles. The van der Waals surface area contributed by atoms with Crippen LogP contribution in [0.25, 0.3) is 17.0 Å². The standard InChI is InChI=1S/C26H31NO7/c1-6-9-19(28)22-23(30)16-11-13-26(5,12-8-10-15(3)4)34-24(16)21-17(18(7-2)27(31)32)14-20(29)33-25(21)22/h10-11,13-14,18,30H,6-9,12H2,1-5H3/t18-,26?/m0/s1. The summed E-state index contributed by atoms with van der Waals surface area (Å²) in [5, 5.41) is 23.1. The van der Waals surface area contributed by atoms with E-state index in [0.29, 0.717) is 12.8 Å². The Kier molecular flexibility index (Phi) is 7.29. The molecule has 8 heteroatoms. The van der Waals surface area contributed by atoms with Gasteiger partial charge < -0.3 is 14.3 Å². The largest absolute Gasteiger partial charge is 0.506 e. The van der Waals surface area contributed by atoms with Gasteiger partial charge >= 0.3 is 5.63 Å². The average Bonchev–Trinajstić information content (AvgIpc) is 2.73. The molecule has 3 rings (SSSR count). The Morgan fingerprint density at radius 1 is 1.32 bits per heavy atom. The number of nitrogens with zero attached hydrogens (tertiary/aromatic N) is 1. The first-order chi connectivity index (χ1) is 16.0.